The number of thiocarbonyl (C=S) groups is 1. The van der Waals surface area contributed by atoms with E-state index in [1.807, 2.05) is 48.5 Å². The lowest BCUT2D eigenvalue weighted by Crippen LogP contribution is -2.45. The molecule has 5 aromatic carbocycles. The number of rotatable bonds is 6. The van der Waals surface area contributed by atoms with Gasteiger partial charge in [0, 0.05) is 5.02 Å². The normalized spacial score (nSPS) is 14.7. The molecule has 0 bridgehead atoms. The van der Waals surface area contributed by atoms with Crippen molar-refractivity contribution >= 4 is 68.6 Å². The minimum Gasteiger partial charge on any atom is -0.497 e. The van der Waals surface area contributed by atoms with Crippen molar-refractivity contribution in [2.75, 3.05) is 12.4 Å². The molecular formula is C34H25Cl2N3O2S. The number of halogens is 2. The van der Waals surface area contributed by atoms with Crippen molar-refractivity contribution in [2.24, 2.45) is 0 Å². The lowest BCUT2D eigenvalue weighted by Gasteiger charge is -2.32. The van der Waals surface area contributed by atoms with Gasteiger partial charge in [-0.15, -0.1) is 0 Å². The summed E-state index contributed by atoms with van der Waals surface area (Å²) in [6, 6.07) is 34.7. The highest BCUT2D eigenvalue weighted by atomic mass is 35.5. The fourth-order valence-electron chi connectivity index (χ4n) is 5.16. The Morgan fingerprint density at radius 3 is 2.31 bits per heavy atom. The second kappa shape index (κ2) is 11.9. The Hall–Kier alpha value is -4.36. The lowest BCUT2D eigenvalue weighted by atomic mass is 9.90. The number of anilines is 1. The van der Waals surface area contributed by atoms with Crippen LogP contribution in [0.3, 0.4) is 0 Å². The van der Waals surface area contributed by atoms with Gasteiger partial charge in [-0.05, 0) is 87.7 Å². The summed E-state index contributed by atoms with van der Waals surface area (Å²) in [5, 5.41) is 13.1. The molecule has 0 aromatic heterocycles. The smallest absolute Gasteiger partial charge is 0.256 e. The Balaban J connectivity index is 1.43. The largest absolute Gasteiger partial charge is 0.497 e. The van der Waals surface area contributed by atoms with E-state index >= 15 is 0 Å². The van der Waals surface area contributed by atoms with Crippen LogP contribution in [0.25, 0.3) is 27.6 Å². The maximum atomic E-state index is 14.0. The predicted octanol–water partition coefficient (Wildman–Crippen LogP) is 8.39. The van der Waals surface area contributed by atoms with Crippen LogP contribution >= 0.6 is 35.4 Å². The van der Waals surface area contributed by atoms with Crippen molar-refractivity contribution in [3.8, 4) is 16.9 Å². The molecule has 0 spiro atoms. The van der Waals surface area contributed by atoms with E-state index in [0.717, 1.165) is 22.3 Å². The van der Waals surface area contributed by atoms with Gasteiger partial charge in [-0.2, -0.15) is 0 Å². The first-order valence-electron chi connectivity index (χ1n) is 13.2. The van der Waals surface area contributed by atoms with E-state index in [9.17, 15) is 4.79 Å². The van der Waals surface area contributed by atoms with E-state index < -0.39 is 6.04 Å². The standard InChI is InChI=1S/C34H25Cl2N3O2S/c1-41-25-16-13-23(14-17-25)32-30(33(40)37-29-18-15-24(35)19-28(29)36)31(38-34(42)39-32)22-11-9-21(10-12-22)27-8-4-6-20-5-2-3-7-26(20)27/h2-19,31H,1H3,(H,37,40)(H2,38,39,42). The summed E-state index contributed by atoms with van der Waals surface area (Å²) < 4.78 is 5.34. The number of hydrogen-bond acceptors (Lipinski definition) is 3. The topological polar surface area (TPSA) is 62.4 Å². The van der Waals surface area contributed by atoms with Crippen LogP contribution in [0.2, 0.25) is 10.0 Å². The number of hydrogen-bond donors (Lipinski definition) is 3. The van der Waals surface area contributed by atoms with Gasteiger partial charge in [0.25, 0.3) is 5.91 Å². The van der Waals surface area contributed by atoms with E-state index in [-0.39, 0.29) is 5.91 Å². The molecule has 1 atom stereocenters. The Morgan fingerprint density at radius 1 is 0.857 bits per heavy atom. The van der Waals surface area contributed by atoms with Crippen LogP contribution in [-0.2, 0) is 4.79 Å². The summed E-state index contributed by atoms with van der Waals surface area (Å²) in [6.07, 6.45) is 0. The highest BCUT2D eigenvalue weighted by Crippen LogP contribution is 2.36. The van der Waals surface area contributed by atoms with Crippen LogP contribution < -0.4 is 20.7 Å². The molecule has 8 heteroatoms. The van der Waals surface area contributed by atoms with Crippen LogP contribution in [-0.4, -0.2) is 18.1 Å². The average Bonchev–Trinajstić information content (AvgIpc) is 3.02. The second-order valence-corrected chi connectivity index (χ2v) is 11.0. The monoisotopic (exact) mass is 609 g/mol. The summed E-state index contributed by atoms with van der Waals surface area (Å²) in [5.74, 6) is 0.367. The number of ether oxygens (including phenoxy) is 1. The van der Waals surface area contributed by atoms with Crippen molar-refractivity contribution < 1.29 is 9.53 Å². The molecule has 42 heavy (non-hydrogen) atoms. The highest BCUT2D eigenvalue weighted by Gasteiger charge is 2.32. The summed E-state index contributed by atoms with van der Waals surface area (Å²) in [7, 11) is 1.61. The molecule has 0 saturated carbocycles. The summed E-state index contributed by atoms with van der Waals surface area (Å²) in [5.41, 5.74) is 5.37. The molecule has 1 amide bonds. The average molecular weight is 611 g/mol. The van der Waals surface area contributed by atoms with E-state index in [2.05, 4.69) is 58.4 Å². The number of amides is 1. The zero-order valence-corrected chi connectivity index (χ0v) is 24.8. The molecule has 5 aromatic rings. The number of benzene rings is 5. The molecule has 1 aliphatic rings. The first-order valence-corrected chi connectivity index (χ1v) is 14.4. The Kier molecular flexibility index (Phi) is 7.85. The van der Waals surface area contributed by atoms with Gasteiger partial charge in [-0.25, -0.2) is 0 Å². The van der Waals surface area contributed by atoms with Crippen molar-refractivity contribution in [3.63, 3.8) is 0 Å². The number of carbonyl (C=O) groups is 1. The number of nitrogens with one attached hydrogen (secondary N) is 3. The molecule has 6 rings (SSSR count). The fraction of sp³-hybridized carbons (Fsp3) is 0.0588. The Labute approximate surface area is 259 Å². The quantitative estimate of drug-likeness (QED) is 0.169. The van der Waals surface area contributed by atoms with Crippen LogP contribution in [0.4, 0.5) is 5.69 Å². The van der Waals surface area contributed by atoms with Gasteiger partial charge in [-0.1, -0.05) is 89.9 Å². The maximum absolute atomic E-state index is 14.0. The summed E-state index contributed by atoms with van der Waals surface area (Å²) in [4.78, 5) is 14.0. The molecule has 1 unspecified atom stereocenters. The SMILES string of the molecule is COc1ccc(C2=C(C(=O)Nc3ccc(Cl)cc3Cl)C(c3ccc(-c4cccc5ccccc45)cc3)NC(=S)N2)cc1. The van der Waals surface area contributed by atoms with Gasteiger partial charge >= 0.3 is 0 Å². The van der Waals surface area contributed by atoms with Gasteiger partial charge in [0.15, 0.2) is 5.11 Å². The third-order valence-electron chi connectivity index (χ3n) is 7.22. The van der Waals surface area contributed by atoms with Crippen LogP contribution in [0.5, 0.6) is 5.75 Å². The predicted molar refractivity (Wildman–Crippen MR) is 176 cm³/mol. The van der Waals surface area contributed by atoms with Crippen LogP contribution in [0, 0.1) is 0 Å². The number of methoxy groups -OCH3 is 1. The van der Waals surface area contributed by atoms with Crippen molar-refractivity contribution in [3.05, 3.63) is 136 Å². The molecule has 5 nitrogen and oxygen atoms in total. The van der Waals surface area contributed by atoms with E-state index in [0.29, 0.717) is 37.9 Å². The second-order valence-electron chi connectivity index (χ2n) is 9.78. The molecule has 1 heterocycles. The molecule has 0 fully saturated rings. The van der Waals surface area contributed by atoms with Crippen LogP contribution in [0.1, 0.15) is 17.2 Å². The number of carbonyl (C=O) groups excluding carboxylic acids is 1. The summed E-state index contributed by atoms with van der Waals surface area (Å²) >= 11 is 18.1. The fourth-order valence-corrected chi connectivity index (χ4v) is 5.83. The van der Waals surface area contributed by atoms with Gasteiger partial charge < -0.3 is 20.7 Å². The first-order chi connectivity index (χ1) is 20.4. The lowest BCUT2D eigenvalue weighted by molar-refractivity contribution is -0.113. The maximum Gasteiger partial charge on any atom is 0.256 e. The highest BCUT2D eigenvalue weighted by molar-refractivity contribution is 7.80. The third kappa shape index (κ3) is 5.57. The first kappa shape index (κ1) is 27.8. The minimum atomic E-state index is -0.538. The van der Waals surface area contributed by atoms with Crippen molar-refractivity contribution in [2.45, 2.75) is 6.04 Å². The molecule has 0 saturated heterocycles. The van der Waals surface area contributed by atoms with Crippen molar-refractivity contribution in [1.29, 1.82) is 0 Å². The van der Waals surface area contributed by atoms with Gasteiger partial charge in [0.05, 0.1) is 35.1 Å². The minimum absolute atomic E-state index is 0.337. The van der Waals surface area contributed by atoms with Crippen LogP contribution in [0.15, 0.2) is 115 Å². The molecule has 208 valence electrons. The molecule has 1 aliphatic heterocycles. The third-order valence-corrected chi connectivity index (χ3v) is 7.99. The van der Waals surface area contributed by atoms with E-state index in [1.165, 1.54) is 10.8 Å². The van der Waals surface area contributed by atoms with E-state index in [1.54, 1.807) is 25.3 Å². The summed E-state index contributed by atoms with van der Waals surface area (Å²) in [6.45, 7) is 0. The Morgan fingerprint density at radius 2 is 1.57 bits per heavy atom. The molecule has 0 aliphatic carbocycles. The van der Waals surface area contributed by atoms with Crippen molar-refractivity contribution in [1.82, 2.24) is 10.6 Å². The molecular weight excluding hydrogens is 585 g/mol. The zero-order chi connectivity index (χ0) is 29.2. The van der Waals surface area contributed by atoms with Gasteiger partial charge in [0.1, 0.15) is 5.75 Å². The Bertz CT molecular complexity index is 1850. The zero-order valence-electron chi connectivity index (χ0n) is 22.5. The molecule has 3 N–H and O–H groups in total. The molecule has 0 radical (unpaired) electrons. The van der Waals surface area contributed by atoms with E-state index in [4.69, 9.17) is 40.2 Å². The number of fused-ring (bicyclic) bond motifs is 1. The van der Waals surface area contributed by atoms with Gasteiger partial charge in [0.2, 0.25) is 0 Å². The van der Waals surface area contributed by atoms with Gasteiger partial charge in [-0.3, -0.25) is 4.79 Å².